The summed E-state index contributed by atoms with van der Waals surface area (Å²) in [4.78, 5) is 14.0. The van der Waals surface area contributed by atoms with Crippen LogP contribution in [0.5, 0.6) is 5.75 Å². The van der Waals surface area contributed by atoms with Crippen molar-refractivity contribution in [3.63, 3.8) is 0 Å². The Morgan fingerprint density at radius 1 is 1.44 bits per heavy atom. The van der Waals surface area contributed by atoms with Crippen molar-refractivity contribution in [2.75, 3.05) is 23.4 Å². The highest BCUT2D eigenvalue weighted by atomic mass is 16.5. The average molecular weight is 246 g/mol. The zero-order chi connectivity index (χ0) is 12.5. The van der Waals surface area contributed by atoms with Crippen LogP contribution in [0.2, 0.25) is 0 Å². The maximum absolute atomic E-state index is 11.8. The molecule has 0 saturated heterocycles. The number of hydrogen-bond acceptors (Lipinski definition) is 3. The van der Waals surface area contributed by atoms with Gasteiger partial charge in [0.05, 0.1) is 18.8 Å². The first-order chi connectivity index (χ1) is 8.79. The zero-order valence-corrected chi connectivity index (χ0v) is 10.6. The second-order valence-electron chi connectivity index (χ2n) is 4.91. The molecule has 1 amide bonds. The summed E-state index contributed by atoms with van der Waals surface area (Å²) in [6.07, 6.45) is 3.34. The van der Waals surface area contributed by atoms with Crippen LogP contribution in [0.4, 0.5) is 11.4 Å². The fraction of sp³-hybridized carbons (Fsp3) is 0.500. The van der Waals surface area contributed by atoms with E-state index in [4.69, 9.17) is 4.74 Å². The minimum Gasteiger partial charge on any atom is -0.491 e. The lowest BCUT2D eigenvalue weighted by Crippen LogP contribution is -2.39. The number of rotatable bonds is 4. The van der Waals surface area contributed by atoms with E-state index in [9.17, 15) is 4.79 Å². The second kappa shape index (κ2) is 4.52. The Bertz CT molecular complexity index is 469. The highest BCUT2D eigenvalue weighted by Crippen LogP contribution is 2.42. The van der Waals surface area contributed by atoms with E-state index in [-0.39, 0.29) is 5.91 Å². The van der Waals surface area contributed by atoms with Crippen LogP contribution in [0.3, 0.4) is 0 Å². The Morgan fingerprint density at radius 3 is 3.00 bits per heavy atom. The summed E-state index contributed by atoms with van der Waals surface area (Å²) >= 11 is 0. The molecule has 1 aliphatic carbocycles. The predicted molar refractivity (Wildman–Crippen MR) is 71.2 cm³/mol. The van der Waals surface area contributed by atoms with Gasteiger partial charge in [-0.1, -0.05) is 13.0 Å². The van der Waals surface area contributed by atoms with Crippen molar-refractivity contribution >= 4 is 17.3 Å². The van der Waals surface area contributed by atoms with E-state index in [1.165, 1.54) is 12.8 Å². The van der Waals surface area contributed by atoms with Crippen molar-refractivity contribution in [1.82, 2.24) is 0 Å². The summed E-state index contributed by atoms with van der Waals surface area (Å²) < 4.78 is 5.71. The summed E-state index contributed by atoms with van der Waals surface area (Å²) in [6.45, 7) is 3.22. The third kappa shape index (κ3) is 2.03. The smallest absolute Gasteiger partial charge is 0.244 e. The molecule has 0 spiro atoms. The minimum atomic E-state index is 0.0574. The molecule has 1 aliphatic heterocycles. The number of hydrogen-bond donors (Lipinski definition) is 1. The normalized spacial score (nSPS) is 18.3. The molecule has 1 N–H and O–H groups in total. The third-order valence-corrected chi connectivity index (χ3v) is 3.34. The molecule has 96 valence electrons. The molecule has 3 rings (SSSR count). The number of anilines is 2. The zero-order valence-electron chi connectivity index (χ0n) is 10.6. The SMILES string of the molecule is CCCOc1cccc2c1NC(=O)CN2C1CC1. The molecule has 0 atom stereocenters. The highest BCUT2D eigenvalue weighted by Gasteiger charge is 2.35. The molecule has 2 aliphatic rings. The van der Waals surface area contributed by atoms with E-state index in [1.807, 2.05) is 12.1 Å². The van der Waals surface area contributed by atoms with Gasteiger partial charge in [-0.15, -0.1) is 0 Å². The number of nitrogens with one attached hydrogen (secondary N) is 1. The highest BCUT2D eigenvalue weighted by molar-refractivity contribution is 6.03. The van der Waals surface area contributed by atoms with E-state index >= 15 is 0 Å². The summed E-state index contributed by atoms with van der Waals surface area (Å²) in [5.74, 6) is 0.843. The van der Waals surface area contributed by atoms with Crippen LogP contribution in [-0.2, 0) is 4.79 Å². The Labute approximate surface area is 107 Å². The van der Waals surface area contributed by atoms with Crippen molar-refractivity contribution in [3.05, 3.63) is 18.2 Å². The van der Waals surface area contributed by atoms with Crippen molar-refractivity contribution in [1.29, 1.82) is 0 Å². The summed E-state index contributed by atoms with van der Waals surface area (Å²) in [5, 5.41) is 2.94. The van der Waals surface area contributed by atoms with Crippen molar-refractivity contribution in [2.45, 2.75) is 32.2 Å². The number of nitrogens with zero attached hydrogens (tertiary/aromatic N) is 1. The molecule has 1 aromatic carbocycles. The number of carbonyl (C=O) groups is 1. The standard InChI is InChI=1S/C14H18N2O2/c1-2-8-18-12-5-3-4-11-14(12)15-13(17)9-16(11)10-6-7-10/h3-5,10H,2,6-9H2,1H3,(H,15,17). The first-order valence-corrected chi connectivity index (χ1v) is 6.62. The van der Waals surface area contributed by atoms with Crippen molar-refractivity contribution in [2.24, 2.45) is 0 Å². The van der Waals surface area contributed by atoms with Crippen molar-refractivity contribution in [3.8, 4) is 5.75 Å². The Kier molecular flexibility index (Phi) is 2.86. The molecule has 4 nitrogen and oxygen atoms in total. The van der Waals surface area contributed by atoms with Gasteiger partial charge in [-0.2, -0.15) is 0 Å². The van der Waals surface area contributed by atoms with Crippen LogP contribution in [0.1, 0.15) is 26.2 Å². The number of amides is 1. The van der Waals surface area contributed by atoms with E-state index < -0.39 is 0 Å². The molecule has 18 heavy (non-hydrogen) atoms. The summed E-state index contributed by atoms with van der Waals surface area (Å²) in [5.41, 5.74) is 1.94. The molecule has 1 fully saturated rings. The fourth-order valence-corrected chi connectivity index (χ4v) is 2.35. The van der Waals surface area contributed by atoms with Gasteiger partial charge in [-0.05, 0) is 31.4 Å². The predicted octanol–water partition coefficient (Wildman–Crippen LogP) is 2.40. The van der Waals surface area contributed by atoms with Gasteiger partial charge in [-0.25, -0.2) is 0 Å². The van der Waals surface area contributed by atoms with Gasteiger partial charge in [0.1, 0.15) is 11.4 Å². The molecule has 0 radical (unpaired) electrons. The van der Waals surface area contributed by atoms with Crippen LogP contribution < -0.4 is 15.0 Å². The number of ether oxygens (including phenoxy) is 1. The molecule has 0 unspecified atom stereocenters. The molecule has 1 heterocycles. The first kappa shape index (κ1) is 11.4. The molecule has 0 aromatic heterocycles. The quantitative estimate of drug-likeness (QED) is 0.887. The van der Waals surface area contributed by atoms with Crippen LogP contribution in [0.25, 0.3) is 0 Å². The van der Waals surface area contributed by atoms with Crippen LogP contribution in [-0.4, -0.2) is 25.1 Å². The second-order valence-corrected chi connectivity index (χ2v) is 4.91. The van der Waals surface area contributed by atoms with Crippen LogP contribution in [0, 0.1) is 0 Å². The number of fused-ring (bicyclic) bond motifs is 1. The lowest BCUT2D eigenvalue weighted by Gasteiger charge is -2.32. The van der Waals surface area contributed by atoms with E-state index in [0.29, 0.717) is 19.2 Å². The van der Waals surface area contributed by atoms with Gasteiger partial charge >= 0.3 is 0 Å². The average Bonchev–Trinajstić information content (AvgIpc) is 3.19. The fourth-order valence-electron chi connectivity index (χ4n) is 2.35. The number of benzene rings is 1. The monoisotopic (exact) mass is 246 g/mol. The molecular formula is C14H18N2O2. The van der Waals surface area contributed by atoms with E-state index in [1.54, 1.807) is 0 Å². The van der Waals surface area contributed by atoms with Gasteiger partial charge in [0, 0.05) is 6.04 Å². The van der Waals surface area contributed by atoms with Gasteiger partial charge in [0.2, 0.25) is 5.91 Å². The van der Waals surface area contributed by atoms with Gasteiger partial charge < -0.3 is 15.0 Å². The molecular weight excluding hydrogens is 228 g/mol. The summed E-state index contributed by atoms with van der Waals surface area (Å²) in [7, 11) is 0. The lowest BCUT2D eigenvalue weighted by atomic mass is 10.1. The summed E-state index contributed by atoms with van der Waals surface area (Å²) in [6, 6.07) is 6.52. The van der Waals surface area contributed by atoms with Gasteiger partial charge in [-0.3, -0.25) is 4.79 Å². The third-order valence-electron chi connectivity index (χ3n) is 3.34. The van der Waals surface area contributed by atoms with Crippen LogP contribution >= 0.6 is 0 Å². The maximum Gasteiger partial charge on any atom is 0.244 e. The molecule has 4 heteroatoms. The first-order valence-electron chi connectivity index (χ1n) is 6.62. The number of carbonyl (C=O) groups excluding carboxylic acids is 1. The topological polar surface area (TPSA) is 41.6 Å². The van der Waals surface area contributed by atoms with Gasteiger partial charge in [0.15, 0.2) is 0 Å². The largest absolute Gasteiger partial charge is 0.491 e. The molecule has 1 aromatic rings. The molecule has 0 bridgehead atoms. The van der Waals surface area contributed by atoms with Crippen LogP contribution in [0.15, 0.2) is 18.2 Å². The van der Waals surface area contributed by atoms with E-state index in [2.05, 4.69) is 23.2 Å². The maximum atomic E-state index is 11.8. The van der Waals surface area contributed by atoms with E-state index in [0.717, 1.165) is 23.5 Å². The Balaban J connectivity index is 1.95. The van der Waals surface area contributed by atoms with Gasteiger partial charge in [0.25, 0.3) is 0 Å². The lowest BCUT2D eigenvalue weighted by molar-refractivity contribution is -0.115. The Hall–Kier alpha value is -1.71. The molecule has 1 saturated carbocycles. The Morgan fingerprint density at radius 2 is 2.28 bits per heavy atom. The number of para-hydroxylation sites is 1. The minimum absolute atomic E-state index is 0.0574. The van der Waals surface area contributed by atoms with Crippen molar-refractivity contribution < 1.29 is 9.53 Å².